The average molecular weight is 408 g/mol. The van der Waals surface area contributed by atoms with Crippen molar-refractivity contribution in [1.82, 2.24) is 9.80 Å². The minimum atomic E-state index is -0.578. The monoisotopic (exact) mass is 408 g/mol. The van der Waals surface area contributed by atoms with E-state index >= 15 is 0 Å². The molecule has 0 amide bonds. The largest absolute Gasteiger partial charge is 0.491 e. The highest BCUT2D eigenvalue weighted by atomic mass is 16.5. The second kappa shape index (κ2) is 9.43. The maximum atomic E-state index is 11.6. The third-order valence-electron chi connectivity index (χ3n) is 5.55. The zero-order valence-electron chi connectivity index (χ0n) is 17.3. The molecule has 1 aliphatic rings. The van der Waals surface area contributed by atoms with Crippen LogP contribution in [-0.2, 0) is 6.54 Å². The predicted octanol–water partition coefficient (Wildman–Crippen LogP) is 2.66. The number of β-amino-alcohol motifs (C(OH)–C–C–N with tert-alkyl or cyclic N) is 1. The van der Waals surface area contributed by atoms with Crippen molar-refractivity contribution in [2.24, 2.45) is 0 Å². The minimum Gasteiger partial charge on any atom is -0.491 e. The molecule has 1 N–H and O–H groups in total. The van der Waals surface area contributed by atoms with E-state index in [0.29, 0.717) is 17.9 Å². The Morgan fingerprint density at radius 3 is 2.53 bits per heavy atom. The van der Waals surface area contributed by atoms with Crippen LogP contribution in [0.1, 0.15) is 11.1 Å². The zero-order chi connectivity index (χ0) is 20.9. The fourth-order valence-electron chi connectivity index (χ4n) is 3.91. The second-order valence-corrected chi connectivity index (χ2v) is 7.93. The molecule has 2 aromatic carbocycles. The van der Waals surface area contributed by atoms with E-state index in [-0.39, 0.29) is 12.2 Å². The van der Waals surface area contributed by atoms with Crippen molar-refractivity contribution in [2.45, 2.75) is 19.6 Å². The number of benzene rings is 2. The van der Waals surface area contributed by atoms with Crippen LogP contribution in [0.15, 0.2) is 63.8 Å². The number of fused-ring (bicyclic) bond motifs is 1. The van der Waals surface area contributed by atoms with Gasteiger partial charge in [0, 0.05) is 56.8 Å². The molecule has 158 valence electrons. The first-order valence-electron chi connectivity index (χ1n) is 10.4. The fourth-order valence-corrected chi connectivity index (χ4v) is 3.91. The molecule has 1 atom stereocenters. The predicted molar refractivity (Wildman–Crippen MR) is 117 cm³/mol. The summed E-state index contributed by atoms with van der Waals surface area (Å²) < 4.78 is 11.0. The van der Waals surface area contributed by atoms with Gasteiger partial charge < -0.3 is 14.3 Å². The van der Waals surface area contributed by atoms with E-state index in [1.54, 1.807) is 6.07 Å². The lowest BCUT2D eigenvalue weighted by Crippen LogP contribution is -2.48. The quantitative estimate of drug-likeness (QED) is 0.607. The van der Waals surface area contributed by atoms with Gasteiger partial charge in [-0.1, -0.05) is 30.3 Å². The molecule has 0 spiro atoms. The van der Waals surface area contributed by atoms with Gasteiger partial charge in [0.1, 0.15) is 24.0 Å². The summed E-state index contributed by atoms with van der Waals surface area (Å²) in [5.74, 6) is 0.586. The topological polar surface area (TPSA) is 66.2 Å². The average Bonchev–Trinajstić information content (AvgIpc) is 2.74. The van der Waals surface area contributed by atoms with Crippen LogP contribution in [-0.4, -0.2) is 60.3 Å². The van der Waals surface area contributed by atoms with Crippen molar-refractivity contribution in [2.75, 3.05) is 39.3 Å². The summed E-state index contributed by atoms with van der Waals surface area (Å²) in [5, 5.41) is 11.3. The molecule has 1 aromatic heterocycles. The van der Waals surface area contributed by atoms with Gasteiger partial charge in [-0.25, -0.2) is 4.79 Å². The first-order valence-corrected chi connectivity index (χ1v) is 10.4. The van der Waals surface area contributed by atoms with E-state index in [1.165, 1.54) is 11.6 Å². The second-order valence-electron chi connectivity index (χ2n) is 7.93. The van der Waals surface area contributed by atoms with E-state index in [4.69, 9.17) is 9.15 Å². The molecule has 0 radical (unpaired) electrons. The van der Waals surface area contributed by atoms with Crippen LogP contribution in [0.3, 0.4) is 0 Å². The van der Waals surface area contributed by atoms with Gasteiger partial charge >= 0.3 is 5.63 Å². The first kappa shape index (κ1) is 20.6. The third kappa shape index (κ3) is 5.27. The Hall–Kier alpha value is -2.67. The van der Waals surface area contributed by atoms with Gasteiger partial charge in [0.2, 0.25) is 0 Å². The van der Waals surface area contributed by atoms with Gasteiger partial charge in [0.05, 0.1) is 0 Å². The molecule has 3 aromatic rings. The molecule has 0 aliphatic carbocycles. The number of ether oxygens (including phenoxy) is 1. The highest BCUT2D eigenvalue weighted by Crippen LogP contribution is 2.22. The summed E-state index contributed by atoms with van der Waals surface area (Å²) in [5.41, 5.74) is 2.34. The molecule has 1 fully saturated rings. The summed E-state index contributed by atoms with van der Waals surface area (Å²) in [6.45, 7) is 7.49. The normalized spacial score (nSPS) is 16.6. The van der Waals surface area contributed by atoms with E-state index in [9.17, 15) is 9.90 Å². The molecule has 30 heavy (non-hydrogen) atoms. The maximum absolute atomic E-state index is 11.6. The summed E-state index contributed by atoms with van der Waals surface area (Å²) >= 11 is 0. The van der Waals surface area contributed by atoms with Crippen LogP contribution in [0.4, 0.5) is 0 Å². The third-order valence-corrected chi connectivity index (χ3v) is 5.55. The molecule has 4 rings (SSSR count). The summed E-state index contributed by atoms with van der Waals surface area (Å²) in [6, 6.07) is 17.4. The number of hydrogen-bond donors (Lipinski definition) is 1. The van der Waals surface area contributed by atoms with Crippen LogP contribution in [0.25, 0.3) is 11.0 Å². The van der Waals surface area contributed by atoms with Gasteiger partial charge in [-0.15, -0.1) is 0 Å². The highest BCUT2D eigenvalue weighted by Gasteiger charge is 2.19. The lowest BCUT2D eigenvalue weighted by Gasteiger charge is -2.35. The molecule has 6 heteroatoms. The molecule has 6 nitrogen and oxygen atoms in total. The van der Waals surface area contributed by atoms with Crippen LogP contribution in [0.2, 0.25) is 0 Å². The summed E-state index contributed by atoms with van der Waals surface area (Å²) in [7, 11) is 0. The van der Waals surface area contributed by atoms with E-state index in [2.05, 4.69) is 34.1 Å². The Balaban J connectivity index is 1.24. The summed E-state index contributed by atoms with van der Waals surface area (Å²) in [4.78, 5) is 16.3. The molecule has 0 saturated carbocycles. The number of hydrogen-bond acceptors (Lipinski definition) is 6. The Kier molecular flexibility index (Phi) is 6.47. The lowest BCUT2D eigenvalue weighted by atomic mass is 10.1. The van der Waals surface area contributed by atoms with Crippen LogP contribution in [0.5, 0.6) is 5.75 Å². The van der Waals surface area contributed by atoms with Gasteiger partial charge in [0.15, 0.2) is 0 Å². The molecular formula is C24H28N2O4. The van der Waals surface area contributed by atoms with Crippen LogP contribution >= 0.6 is 0 Å². The Morgan fingerprint density at radius 2 is 1.77 bits per heavy atom. The van der Waals surface area contributed by atoms with Crippen molar-refractivity contribution in [3.8, 4) is 5.75 Å². The van der Waals surface area contributed by atoms with E-state index in [0.717, 1.165) is 43.7 Å². The number of aliphatic hydroxyl groups is 1. The standard InChI is InChI=1S/C24H28N2O4/c1-18-13-24(28)30-23-14-21(7-8-22(18)23)29-17-20(27)16-26-11-9-25(10-12-26)15-19-5-3-2-4-6-19/h2-8,13-14,20,27H,9-12,15-17H2,1H3. The Labute approximate surface area is 176 Å². The number of piperazine rings is 1. The van der Waals surface area contributed by atoms with Gasteiger partial charge in [0.25, 0.3) is 0 Å². The van der Waals surface area contributed by atoms with E-state index in [1.807, 2.05) is 25.1 Å². The summed E-state index contributed by atoms with van der Waals surface area (Å²) in [6.07, 6.45) is -0.578. The van der Waals surface area contributed by atoms with Gasteiger partial charge in [-0.3, -0.25) is 9.80 Å². The van der Waals surface area contributed by atoms with Crippen molar-refractivity contribution in [1.29, 1.82) is 0 Å². The zero-order valence-corrected chi connectivity index (χ0v) is 17.3. The Morgan fingerprint density at radius 1 is 1.03 bits per heavy atom. The van der Waals surface area contributed by atoms with E-state index < -0.39 is 6.10 Å². The van der Waals surface area contributed by atoms with Crippen LogP contribution < -0.4 is 10.4 Å². The smallest absolute Gasteiger partial charge is 0.336 e. The Bertz CT molecular complexity index is 1030. The van der Waals surface area contributed by atoms with Crippen LogP contribution in [0, 0.1) is 6.92 Å². The van der Waals surface area contributed by atoms with Crippen molar-refractivity contribution >= 4 is 11.0 Å². The van der Waals surface area contributed by atoms with Crippen molar-refractivity contribution in [3.05, 3.63) is 76.1 Å². The molecule has 1 aliphatic heterocycles. The molecule has 2 heterocycles. The SMILES string of the molecule is Cc1cc(=O)oc2cc(OCC(O)CN3CCN(Cc4ccccc4)CC3)ccc12. The van der Waals surface area contributed by atoms with Gasteiger partial charge in [-0.05, 0) is 30.2 Å². The highest BCUT2D eigenvalue weighted by molar-refractivity contribution is 5.81. The van der Waals surface area contributed by atoms with Crippen molar-refractivity contribution in [3.63, 3.8) is 0 Å². The number of rotatable bonds is 7. The molecule has 1 saturated heterocycles. The fraction of sp³-hybridized carbons (Fsp3) is 0.375. The molecule has 1 unspecified atom stereocenters. The van der Waals surface area contributed by atoms with Crippen molar-refractivity contribution < 1.29 is 14.3 Å². The lowest BCUT2D eigenvalue weighted by molar-refractivity contribution is 0.0446. The first-order chi connectivity index (χ1) is 14.6. The number of aliphatic hydroxyl groups excluding tert-OH is 1. The number of aryl methyl sites for hydroxylation is 1. The molecular weight excluding hydrogens is 380 g/mol. The number of nitrogens with zero attached hydrogens (tertiary/aromatic N) is 2. The minimum absolute atomic E-state index is 0.200. The van der Waals surface area contributed by atoms with Gasteiger partial charge in [-0.2, -0.15) is 0 Å². The molecule has 0 bridgehead atoms. The maximum Gasteiger partial charge on any atom is 0.336 e.